The summed E-state index contributed by atoms with van der Waals surface area (Å²) in [5.74, 6) is 0. The molecule has 37 heavy (non-hydrogen) atoms. The third-order valence-electron chi connectivity index (χ3n) is 8.48. The third-order valence-corrected chi connectivity index (χ3v) is 8.48. The molecule has 5 nitrogen and oxygen atoms in total. The summed E-state index contributed by atoms with van der Waals surface area (Å²) in [6, 6.07) is 3.06. The van der Waals surface area contributed by atoms with E-state index in [-0.39, 0.29) is 0 Å². The second-order valence-corrected chi connectivity index (χ2v) is 12.0. The molecule has 0 radical (unpaired) electrons. The Morgan fingerprint density at radius 2 is 1.14 bits per heavy atom. The third kappa shape index (κ3) is 20.0. The lowest BCUT2D eigenvalue weighted by atomic mass is 10.0. The molecular weight excluding hydrogens is 454 g/mol. The molecule has 0 N–H and O–H groups in total. The molecular formula is C32H65N5. The molecule has 1 atom stereocenters. The van der Waals surface area contributed by atoms with E-state index in [1.807, 2.05) is 0 Å². The van der Waals surface area contributed by atoms with Gasteiger partial charge in [0.15, 0.2) is 0 Å². The number of hydrogen-bond acceptors (Lipinski definition) is 5. The molecule has 1 fully saturated rings. The molecule has 1 aliphatic rings. The van der Waals surface area contributed by atoms with Crippen LogP contribution in [0, 0.1) is 11.3 Å². The first-order valence-corrected chi connectivity index (χ1v) is 16.2. The van der Waals surface area contributed by atoms with Crippen molar-refractivity contribution in [2.45, 2.75) is 129 Å². The smallest absolute Gasteiger partial charge is 0.0635 e. The Morgan fingerprint density at radius 1 is 0.622 bits per heavy atom. The van der Waals surface area contributed by atoms with Gasteiger partial charge in [-0.25, -0.2) is 0 Å². The summed E-state index contributed by atoms with van der Waals surface area (Å²) >= 11 is 0. The van der Waals surface area contributed by atoms with Gasteiger partial charge in [0.2, 0.25) is 0 Å². The summed E-state index contributed by atoms with van der Waals surface area (Å²) in [6.45, 7) is 11.5. The van der Waals surface area contributed by atoms with Crippen molar-refractivity contribution >= 4 is 0 Å². The lowest BCUT2D eigenvalue weighted by Crippen LogP contribution is -2.38. The van der Waals surface area contributed by atoms with E-state index in [9.17, 15) is 5.26 Å². The van der Waals surface area contributed by atoms with E-state index in [2.05, 4.69) is 53.7 Å². The zero-order valence-corrected chi connectivity index (χ0v) is 25.7. The average molecular weight is 520 g/mol. The Labute approximate surface area is 232 Å². The number of rotatable bonds is 14. The predicted octanol–water partition coefficient (Wildman–Crippen LogP) is 7.03. The van der Waals surface area contributed by atoms with Crippen molar-refractivity contribution in [1.82, 2.24) is 19.6 Å². The Hall–Kier alpha value is -0.670. The largest absolute Gasteiger partial charge is 0.306 e. The fourth-order valence-electron chi connectivity index (χ4n) is 5.83. The molecule has 0 aliphatic carbocycles. The normalized spacial score (nSPS) is 21.5. The van der Waals surface area contributed by atoms with Crippen LogP contribution >= 0.6 is 0 Å². The topological polar surface area (TPSA) is 36.8 Å². The summed E-state index contributed by atoms with van der Waals surface area (Å²) in [7, 11) is 6.94. The summed E-state index contributed by atoms with van der Waals surface area (Å²) in [6.07, 6.45) is 23.9. The molecule has 0 saturated carbocycles. The van der Waals surface area contributed by atoms with E-state index >= 15 is 0 Å². The van der Waals surface area contributed by atoms with Crippen LogP contribution in [0.4, 0.5) is 0 Å². The maximum atomic E-state index is 9.19. The van der Waals surface area contributed by atoms with E-state index in [1.54, 1.807) is 0 Å². The minimum absolute atomic E-state index is 0.654. The van der Waals surface area contributed by atoms with E-state index in [0.717, 1.165) is 19.6 Å². The molecule has 0 aromatic heterocycles. The molecule has 0 amide bonds. The van der Waals surface area contributed by atoms with Crippen LogP contribution in [-0.2, 0) is 0 Å². The maximum absolute atomic E-state index is 9.19. The van der Waals surface area contributed by atoms with E-state index in [4.69, 9.17) is 0 Å². The van der Waals surface area contributed by atoms with Crippen LogP contribution in [0.5, 0.6) is 0 Å². The summed E-state index contributed by atoms with van der Waals surface area (Å²) in [4.78, 5) is 10.3. The Morgan fingerprint density at radius 3 is 1.70 bits per heavy atom. The van der Waals surface area contributed by atoms with Crippen molar-refractivity contribution in [3.63, 3.8) is 0 Å². The van der Waals surface area contributed by atoms with Gasteiger partial charge in [-0.3, -0.25) is 0 Å². The molecule has 1 heterocycles. The van der Waals surface area contributed by atoms with Crippen molar-refractivity contribution in [1.29, 1.82) is 5.26 Å². The van der Waals surface area contributed by atoms with Gasteiger partial charge in [-0.1, -0.05) is 77.6 Å². The van der Waals surface area contributed by atoms with Crippen molar-refractivity contribution in [2.75, 3.05) is 73.5 Å². The number of hydrogen-bond donors (Lipinski definition) is 0. The quantitative estimate of drug-likeness (QED) is 0.230. The predicted molar refractivity (Wildman–Crippen MR) is 162 cm³/mol. The monoisotopic (exact) mass is 520 g/mol. The highest BCUT2D eigenvalue weighted by Crippen LogP contribution is 2.17. The molecule has 5 heteroatoms. The summed E-state index contributed by atoms with van der Waals surface area (Å²) in [5, 5.41) is 9.19. The highest BCUT2D eigenvalue weighted by molar-refractivity contribution is 4.76. The molecule has 1 unspecified atom stereocenters. The highest BCUT2D eigenvalue weighted by atomic mass is 15.2. The fraction of sp³-hybridized carbons (Fsp3) is 0.969. The van der Waals surface area contributed by atoms with Gasteiger partial charge in [-0.15, -0.1) is 0 Å². The van der Waals surface area contributed by atoms with Crippen molar-refractivity contribution < 1.29 is 0 Å². The molecule has 1 saturated heterocycles. The molecule has 218 valence electrons. The molecule has 0 aromatic rings. The van der Waals surface area contributed by atoms with Gasteiger partial charge in [-0.2, -0.15) is 5.26 Å². The van der Waals surface area contributed by atoms with Crippen LogP contribution in [0.15, 0.2) is 0 Å². The molecule has 1 rings (SSSR count). The van der Waals surface area contributed by atoms with Gasteiger partial charge in [0, 0.05) is 19.0 Å². The van der Waals surface area contributed by atoms with Gasteiger partial charge < -0.3 is 19.6 Å². The second kappa shape index (κ2) is 24.4. The standard InChI is InChI=1S/C32H65N5/c1-5-6-7-8-9-10-11-12-13-14-15-21-32-22-31-37(29-18-23-33)30-20-27-35(3)25-17-16-24-34(2)26-19-28-36(32)4/h32H,5-22,24-31H2,1-4H3. The Kier molecular flexibility index (Phi) is 22.6. The minimum Gasteiger partial charge on any atom is -0.306 e. The van der Waals surface area contributed by atoms with Gasteiger partial charge >= 0.3 is 0 Å². The number of nitrogens with zero attached hydrogens (tertiary/aromatic N) is 5. The lowest BCUT2D eigenvalue weighted by molar-refractivity contribution is 0.172. The van der Waals surface area contributed by atoms with Crippen LogP contribution in [0.2, 0.25) is 0 Å². The van der Waals surface area contributed by atoms with Gasteiger partial charge in [0.1, 0.15) is 0 Å². The highest BCUT2D eigenvalue weighted by Gasteiger charge is 2.17. The van der Waals surface area contributed by atoms with Gasteiger partial charge in [0.25, 0.3) is 0 Å². The molecule has 0 bridgehead atoms. The first kappa shape index (κ1) is 34.4. The van der Waals surface area contributed by atoms with Crippen molar-refractivity contribution in [3.05, 3.63) is 0 Å². The fourth-order valence-corrected chi connectivity index (χ4v) is 5.83. The molecule has 0 aromatic carbocycles. The second-order valence-electron chi connectivity index (χ2n) is 12.0. The Bertz CT molecular complexity index is 534. The van der Waals surface area contributed by atoms with Gasteiger partial charge in [-0.05, 0) is 105 Å². The van der Waals surface area contributed by atoms with Crippen LogP contribution in [0.3, 0.4) is 0 Å². The molecule has 1 aliphatic heterocycles. The van der Waals surface area contributed by atoms with Crippen molar-refractivity contribution in [3.8, 4) is 6.07 Å². The zero-order chi connectivity index (χ0) is 27.0. The van der Waals surface area contributed by atoms with Crippen LogP contribution in [0.1, 0.15) is 122 Å². The van der Waals surface area contributed by atoms with Crippen molar-refractivity contribution in [2.24, 2.45) is 0 Å². The molecule has 0 spiro atoms. The number of unbranched alkanes of at least 4 members (excludes halogenated alkanes) is 10. The van der Waals surface area contributed by atoms with E-state index in [1.165, 1.54) is 142 Å². The Balaban J connectivity index is 2.50. The number of nitriles is 1. The SMILES string of the molecule is CCCCCCCCCCCCCC1CCN(CCC#N)CCCN(C)CCCCN(C)CCCN1C. The first-order valence-electron chi connectivity index (χ1n) is 16.2. The summed E-state index contributed by atoms with van der Waals surface area (Å²) in [5.41, 5.74) is 0. The lowest BCUT2D eigenvalue weighted by Gasteiger charge is -2.31. The minimum atomic E-state index is 0.654. The van der Waals surface area contributed by atoms with Crippen LogP contribution in [0.25, 0.3) is 0 Å². The van der Waals surface area contributed by atoms with Crippen LogP contribution < -0.4 is 0 Å². The van der Waals surface area contributed by atoms with E-state index in [0.29, 0.717) is 12.5 Å². The van der Waals surface area contributed by atoms with Crippen LogP contribution in [-0.4, -0.2) is 99.1 Å². The summed E-state index contributed by atoms with van der Waals surface area (Å²) < 4.78 is 0. The van der Waals surface area contributed by atoms with E-state index < -0.39 is 0 Å². The average Bonchev–Trinajstić information content (AvgIpc) is 2.89. The zero-order valence-electron chi connectivity index (χ0n) is 25.7. The first-order chi connectivity index (χ1) is 18.1. The maximum Gasteiger partial charge on any atom is 0.0635 e. The van der Waals surface area contributed by atoms with Gasteiger partial charge in [0.05, 0.1) is 6.07 Å².